The zero-order chi connectivity index (χ0) is 21.3. The zero-order valence-corrected chi connectivity index (χ0v) is 17.5. The van der Waals surface area contributed by atoms with Gasteiger partial charge in [-0.05, 0) is 56.0 Å². The maximum atomic E-state index is 12.2. The van der Waals surface area contributed by atoms with E-state index in [9.17, 15) is 14.9 Å². The first-order chi connectivity index (χ1) is 13.6. The number of hydrogen-bond acceptors (Lipinski definition) is 5. The number of nitro groups is 1. The molecule has 0 saturated heterocycles. The summed E-state index contributed by atoms with van der Waals surface area (Å²) in [5.41, 5.74) is 5.69. The van der Waals surface area contributed by atoms with E-state index in [0.717, 1.165) is 17.7 Å². The normalized spacial score (nSPS) is 17.8. The number of nitrogens with one attached hydrogen (secondary N) is 1. The summed E-state index contributed by atoms with van der Waals surface area (Å²) in [6.07, 6.45) is 2.53. The van der Waals surface area contributed by atoms with Crippen LogP contribution < -0.4 is 10.3 Å². The van der Waals surface area contributed by atoms with Crippen molar-refractivity contribution in [3.63, 3.8) is 0 Å². The van der Waals surface area contributed by atoms with E-state index in [1.807, 2.05) is 12.1 Å². The molecule has 1 heterocycles. The Labute approximate surface area is 174 Å². The standard InChI is InChI=1S/C21H23ClN4O3/c1-13-11-21(2,3)25(4)19-10-18(22)15(9-17(13)19)12-23-24-20(27)14-5-7-16(8-6-14)26(28)29/h5-10,12-13H,11H2,1-4H3,(H,24,27)/b23-12+. The van der Waals surface area contributed by atoms with Crippen LogP contribution in [0.2, 0.25) is 5.02 Å². The molecule has 0 spiro atoms. The van der Waals surface area contributed by atoms with E-state index >= 15 is 0 Å². The third-order valence-corrected chi connectivity index (χ3v) is 5.79. The Hall–Kier alpha value is -2.93. The van der Waals surface area contributed by atoms with Crippen LogP contribution in [0.25, 0.3) is 0 Å². The fourth-order valence-electron chi connectivity index (χ4n) is 3.66. The zero-order valence-electron chi connectivity index (χ0n) is 16.8. The highest BCUT2D eigenvalue weighted by atomic mass is 35.5. The number of non-ortho nitro benzene ring substituents is 1. The summed E-state index contributed by atoms with van der Waals surface area (Å²) in [4.78, 5) is 24.6. The SMILES string of the molecule is CC1CC(C)(C)N(C)c2cc(Cl)c(/C=N/NC(=O)c3ccc([N+](=O)[O-])cc3)cc21. The van der Waals surface area contributed by atoms with Crippen molar-refractivity contribution in [3.05, 3.63) is 68.2 Å². The molecule has 152 valence electrons. The Bertz CT molecular complexity index is 986. The predicted molar refractivity (Wildman–Crippen MR) is 115 cm³/mol. The van der Waals surface area contributed by atoms with Crippen LogP contribution in [0, 0.1) is 10.1 Å². The lowest BCUT2D eigenvalue weighted by Gasteiger charge is -2.45. The smallest absolute Gasteiger partial charge is 0.271 e. The third-order valence-electron chi connectivity index (χ3n) is 5.46. The number of fused-ring (bicyclic) bond motifs is 1. The molecule has 29 heavy (non-hydrogen) atoms. The van der Waals surface area contributed by atoms with Crippen molar-refractivity contribution in [1.82, 2.24) is 5.43 Å². The Morgan fingerprint density at radius 2 is 2.00 bits per heavy atom. The highest BCUT2D eigenvalue weighted by Gasteiger charge is 2.34. The van der Waals surface area contributed by atoms with E-state index in [4.69, 9.17) is 11.6 Å². The topological polar surface area (TPSA) is 87.8 Å². The second-order valence-corrected chi connectivity index (χ2v) is 8.32. The highest BCUT2D eigenvalue weighted by Crippen LogP contribution is 2.44. The monoisotopic (exact) mass is 414 g/mol. The number of nitro benzene ring substituents is 1. The summed E-state index contributed by atoms with van der Waals surface area (Å²) in [5, 5.41) is 15.2. The molecule has 1 aliphatic rings. The molecule has 0 bridgehead atoms. The van der Waals surface area contributed by atoms with Gasteiger partial charge in [0.25, 0.3) is 11.6 Å². The summed E-state index contributed by atoms with van der Waals surface area (Å²) in [5.74, 6) is -0.0876. The van der Waals surface area contributed by atoms with Gasteiger partial charge < -0.3 is 4.90 Å². The first-order valence-electron chi connectivity index (χ1n) is 9.25. The number of anilines is 1. The minimum Gasteiger partial charge on any atom is -0.369 e. The number of nitrogens with zero attached hydrogens (tertiary/aromatic N) is 3. The van der Waals surface area contributed by atoms with Crippen molar-refractivity contribution in [2.24, 2.45) is 5.10 Å². The van der Waals surface area contributed by atoms with Crippen LogP contribution in [-0.4, -0.2) is 29.6 Å². The molecule has 0 saturated carbocycles. The minimum atomic E-state index is -0.516. The van der Waals surface area contributed by atoms with Gasteiger partial charge in [-0.2, -0.15) is 5.10 Å². The van der Waals surface area contributed by atoms with E-state index < -0.39 is 10.8 Å². The van der Waals surface area contributed by atoms with Crippen LogP contribution in [0.15, 0.2) is 41.5 Å². The molecular formula is C21H23ClN4O3. The molecular weight excluding hydrogens is 392 g/mol. The molecule has 0 radical (unpaired) electrons. The fourth-order valence-corrected chi connectivity index (χ4v) is 3.87. The first kappa shape index (κ1) is 20.8. The average Bonchev–Trinajstić information content (AvgIpc) is 2.66. The minimum absolute atomic E-state index is 0.0457. The number of carbonyl (C=O) groups excluding carboxylic acids is 1. The molecule has 1 aliphatic heterocycles. The summed E-state index contributed by atoms with van der Waals surface area (Å²) >= 11 is 6.45. The number of rotatable bonds is 4. The van der Waals surface area contributed by atoms with Gasteiger partial charge in [-0.15, -0.1) is 0 Å². The molecule has 1 amide bonds. The quantitative estimate of drug-likeness (QED) is 0.445. The van der Waals surface area contributed by atoms with Crippen LogP contribution in [0.3, 0.4) is 0 Å². The lowest BCUT2D eigenvalue weighted by molar-refractivity contribution is -0.384. The lowest BCUT2D eigenvalue weighted by atomic mass is 9.80. The second-order valence-electron chi connectivity index (χ2n) is 7.91. The van der Waals surface area contributed by atoms with Gasteiger partial charge in [0.2, 0.25) is 0 Å². The summed E-state index contributed by atoms with van der Waals surface area (Å²) in [6, 6.07) is 9.27. The van der Waals surface area contributed by atoms with Gasteiger partial charge in [-0.25, -0.2) is 5.43 Å². The number of hydrazone groups is 1. The molecule has 1 N–H and O–H groups in total. The second kappa shape index (κ2) is 7.83. The molecule has 3 rings (SSSR count). The molecule has 0 aliphatic carbocycles. The van der Waals surface area contributed by atoms with Crippen LogP contribution in [0.1, 0.15) is 54.6 Å². The van der Waals surface area contributed by atoms with E-state index in [-0.39, 0.29) is 16.8 Å². The van der Waals surface area contributed by atoms with Crippen molar-refractivity contribution in [2.45, 2.75) is 38.6 Å². The van der Waals surface area contributed by atoms with Gasteiger partial charge in [0.05, 0.1) is 16.2 Å². The molecule has 7 nitrogen and oxygen atoms in total. The number of hydrogen-bond donors (Lipinski definition) is 1. The molecule has 1 unspecified atom stereocenters. The Balaban J connectivity index is 1.77. The van der Waals surface area contributed by atoms with E-state index in [2.05, 4.69) is 43.2 Å². The predicted octanol–water partition coefficient (Wildman–Crippen LogP) is 4.73. The number of carbonyl (C=O) groups is 1. The van der Waals surface area contributed by atoms with Crippen LogP contribution >= 0.6 is 11.6 Å². The third kappa shape index (κ3) is 4.24. The molecule has 0 fully saturated rings. The van der Waals surface area contributed by atoms with E-state index in [1.165, 1.54) is 36.0 Å². The summed E-state index contributed by atoms with van der Waals surface area (Å²) in [6.45, 7) is 6.62. The van der Waals surface area contributed by atoms with Crippen molar-refractivity contribution in [3.8, 4) is 0 Å². The number of benzene rings is 2. The molecule has 2 aromatic carbocycles. The lowest BCUT2D eigenvalue weighted by Crippen LogP contribution is -2.45. The fraction of sp³-hybridized carbons (Fsp3) is 0.333. The molecule has 8 heteroatoms. The van der Waals surface area contributed by atoms with E-state index in [0.29, 0.717) is 10.9 Å². The molecule has 2 aromatic rings. The van der Waals surface area contributed by atoms with Crippen LogP contribution in [0.5, 0.6) is 0 Å². The molecule has 1 atom stereocenters. The van der Waals surface area contributed by atoms with Crippen molar-refractivity contribution < 1.29 is 9.72 Å². The van der Waals surface area contributed by atoms with Gasteiger partial charge in [-0.1, -0.05) is 18.5 Å². The largest absolute Gasteiger partial charge is 0.369 e. The van der Waals surface area contributed by atoms with Gasteiger partial charge >= 0.3 is 0 Å². The Kier molecular flexibility index (Phi) is 5.61. The van der Waals surface area contributed by atoms with Crippen LogP contribution in [-0.2, 0) is 0 Å². The van der Waals surface area contributed by atoms with Gasteiger partial charge in [0.15, 0.2) is 0 Å². The average molecular weight is 415 g/mol. The van der Waals surface area contributed by atoms with Crippen molar-refractivity contribution in [2.75, 3.05) is 11.9 Å². The summed E-state index contributed by atoms with van der Waals surface area (Å²) < 4.78 is 0. The van der Waals surface area contributed by atoms with Crippen molar-refractivity contribution in [1.29, 1.82) is 0 Å². The molecule has 0 aromatic heterocycles. The van der Waals surface area contributed by atoms with Gasteiger partial charge in [-0.3, -0.25) is 14.9 Å². The number of halogens is 1. The van der Waals surface area contributed by atoms with Crippen molar-refractivity contribution >= 4 is 35.1 Å². The van der Waals surface area contributed by atoms with Gasteiger partial charge in [0.1, 0.15) is 0 Å². The Morgan fingerprint density at radius 1 is 1.34 bits per heavy atom. The maximum Gasteiger partial charge on any atom is 0.271 e. The maximum absolute atomic E-state index is 12.2. The number of amides is 1. The van der Waals surface area contributed by atoms with Gasteiger partial charge in [0, 0.05) is 41.5 Å². The van der Waals surface area contributed by atoms with E-state index in [1.54, 1.807) is 0 Å². The van der Waals surface area contributed by atoms with Crippen LogP contribution in [0.4, 0.5) is 11.4 Å². The Morgan fingerprint density at radius 3 is 2.62 bits per heavy atom. The summed E-state index contributed by atoms with van der Waals surface area (Å²) in [7, 11) is 2.07. The first-order valence-corrected chi connectivity index (χ1v) is 9.63. The highest BCUT2D eigenvalue weighted by molar-refractivity contribution is 6.33.